The summed E-state index contributed by atoms with van der Waals surface area (Å²) in [5, 5.41) is 0.976. The quantitative estimate of drug-likeness (QED) is 0.364. The number of aromatic nitrogens is 1. The summed E-state index contributed by atoms with van der Waals surface area (Å²) in [5.74, 6) is -0.254. The third kappa shape index (κ3) is 6.72. The summed E-state index contributed by atoms with van der Waals surface area (Å²) in [5.41, 5.74) is 10.0. The summed E-state index contributed by atoms with van der Waals surface area (Å²) in [7, 11) is -3.36. The molecule has 2 aliphatic rings. The van der Waals surface area contributed by atoms with Crippen LogP contribution in [0, 0.1) is 0 Å². The maximum atomic E-state index is 13.0. The molecule has 2 saturated heterocycles. The highest BCUT2D eigenvalue weighted by Gasteiger charge is 2.30. The Kier molecular flexibility index (Phi) is 9.02. The number of nitrogens with two attached hydrogens (primary N) is 1. The second-order valence-electron chi connectivity index (χ2n) is 10.8. The van der Waals surface area contributed by atoms with Gasteiger partial charge in [0.1, 0.15) is 0 Å². The fraction of sp³-hybridized carbons (Fsp3) is 0.500. The number of likely N-dealkylation sites (tertiary alicyclic amines) is 1. The predicted molar refractivity (Wildman–Crippen MR) is 155 cm³/mol. The highest BCUT2D eigenvalue weighted by Crippen LogP contribution is 2.37. The van der Waals surface area contributed by atoms with E-state index in [1.54, 1.807) is 4.31 Å². The Balaban J connectivity index is 1.19. The summed E-state index contributed by atoms with van der Waals surface area (Å²) in [4.78, 5) is 18.0. The number of hydrogen-bond acceptors (Lipinski definition) is 5. The molecule has 0 saturated carbocycles. The van der Waals surface area contributed by atoms with E-state index in [1.807, 2.05) is 42.6 Å². The van der Waals surface area contributed by atoms with Crippen molar-refractivity contribution in [1.82, 2.24) is 14.2 Å². The summed E-state index contributed by atoms with van der Waals surface area (Å²) >= 11 is 0. The smallest absolute Gasteiger partial charge is 0.250 e. The van der Waals surface area contributed by atoms with Gasteiger partial charge in [0.05, 0.1) is 30.0 Å². The molecule has 0 aliphatic carbocycles. The Labute approximate surface area is 231 Å². The third-order valence-electron chi connectivity index (χ3n) is 8.22. The normalized spacial score (nSPS) is 18.4. The molecule has 2 aromatic carbocycles. The lowest BCUT2D eigenvalue weighted by Gasteiger charge is -2.31. The van der Waals surface area contributed by atoms with Crippen LogP contribution in [0.2, 0.25) is 0 Å². The van der Waals surface area contributed by atoms with Crippen molar-refractivity contribution in [2.75, 3.05) is 51.7 Å². The molecule has 39 heavy (non-hydrogen) atoms. The van der Waals surface area contributed by atoms with Crippen LogP contribution in [-0.4, -0.2) is 80.2 Å². The number of hydrogen-bond donors (Lipinski definition) is 2. The molecule has 2 aliphatic heterocycles. The summed E-state index contributed by atoms with van der Waals surface area (Å²) < 4.78 is 33.3. The van der Waals surface area contributed by atoms with Crippen molar-refractivity contribution in [3.05, 3.63) is 59.8 Å². The van der Waals surface area contributed by atoms with Gasteiger partial charge in [-0.05, 0) is 73.5 Å². The number of ether oxygens (including phenoxy) is 1. The zero-order valence-corrected chi connectivity index (χ0v) is 23.4. The fourth-order valence-corrected chi connectivity index (χ4v) is 7.33. The van der Waals surface area contributed by atoms with E-state index in [2.05, 4.69) is 16.0 Å². The first kappa shape index (κ1) is 27.8. The average molecular weight is 553 g/mol. The first-order valence-corrected chi connectivity index (χ1v) is 15.8. The van der Waals surface area contributed by atoms with E-state index in [0.717, 1.165) is 60.1 Å². The lowest BCUT2D eigenvalue weighted by Crippen LogP contribution is -2.40. The lowest BCUT2D eigenvalue weighted by atomic mass is 9.88. The highest BCUT2D eigenvalue weighted by molar-refractivity contribution is 7.89. The average Bonchev–Trinajstić information content (AvgIpc) is 3.20. The van der Waals surface area contributed by atoms with E-state index in [-0.39, 0.29) is 18.3 Å². The van der Waals surface area contributed by atoms with Gasteiger partial charge < -0.3 is 20.4 Å². The number of carbonyl (C=O) groups is 1. The van der Waals surface area contributed by atoms with Crippen LogP contribution in [0.3, 0.4) is 0 Å². The van der Waals surface area contributed by atoms with E-state index < -0.39 is 15.9 Å². The lowest BCUT2D eigenvalue weighted by molar-refractivity contribution is 0.100. The van der Waals surface area contributed by atoms with E-state index in [0.29, 0.717) is 25.3 Å². The van der Waals surface area contributed by atoms with Crippen molar-refractivity contribution in [2.45, 2.75) is 44.4 Å². The number of carbonyl (C=O) groups excluding carboxylic acids is 1. The van der Waals surface area contributed by atoms with Crippen molar-refractivity contribution in [2.24, 2.45) is 5.73 Å². The second-order valence-corrected chi connectivity index (χ2v) is 12.9. The standard InChI is InChI=1S/C30H40N4O4S/c31-30(35)27-21-25(23-8-4-3-5-9-23)20-26-28(22-32-29(26)27)24-10-14-34(15-11-24)39(36,37)19-18-38-17-16-33-12-6-1-2-7-13-33/h3-5,8-9,20-22,24,32H,1-2,6-7,10-19H2,(H2,31,35). The molecule has 0 radical (unpaired) electrons. The number of nitrogens with one attached hydrogen (secondary N) is 1. The van der Waals surface area contributed by atoms with Gasteiger partial charge >= 0.3 is 0 Å². The van der Waals surface area contributed by atoms with Gasteiger partial charge in [-0.25, -0.2) is 12.7 Å². The Bertz CT molecular complexity index is 1360. The Hall–Kier alpha value is -2.72. The summed E-state index contributed by atoms with van der Waals surface area (Å²) in [6, 6.07) is 13.9. The van der Waals surface area contributed by atoms with Gasteiger partial charge in [-0.1, -0.05) is 43.2 Å². The first-order chi connectivity index (χ1) is 18.9. The topological polar surface area (TPSA) is 109 Å². The van der Waals surface area contributed by atoms with Gasteiger partial charge in [0.15, 0.2) is 0 Å². The van der Waals surface area contributed by atoms with Crippen LogP contribution < -0.4 is 5.73 Å². The van der Waals surface area contributed by atoms with Crippen LogP contribution in [0.25, 0.3) is 22.0 Å². The van der Waals surface area contributed by atoms with E-state index >= 15 is 0 Å². The van der Waals surface area contributed by atoms with Gasteiger partial charge in [-0.3, -0.25) is 4.79 Å². The summed E-state index contributed by atoms with van der Waals surface area (Å²) in [6.45, 7) is 4.88. The third-order valence-corrected chi connectivity index (χ3v) is 10.1. The molecule has 2 fully saturated rings. The van der Waals surface area contributed by atoms with Crippen molar-refractivity contribution in [3.63, 3.8) is 0 Å². The monoisotopic (exact) mass is 552 g/mol. The number of amides is 1. The zero-order chi connectivity index (χ0) is 27.2. The molecule has 8 nitrogen and oxygen atoms in total. The highest BCUT2D eigenvalue weighted by atomic mass is 32.2. The minimum Gasteiger partial charge on any atom is -0.379 e. The molecule has 1 aromatic heterocycles. The molecule has 0 atom stereocenters. The number of piperidine rings is 1. The largest absolute Gasteiger partial charge is 0.379 e. The van der Waals surface area contributed by atoms with Crippen molar-refractivity contribution in [3.8, 4) is 11.1 Å². The first-order valence-electron chi connectivity index (χ1n) is 14.2. The fourth-order valence-electron chi connectivity index (χ4n) is 5.98. The maximum absolute atomic E-state index is 13.0. The van der Waals surface area contributed by atoms with Crippen LogP contribution in [0.4, 0.5) is 0 Å². The number of benzene rings is 2. The van der Waals surface area contributed by atoms with Crippen LogP contribution >= 0.6 is 0 Å². The minimum absolute atomic E-state index is 0.0210. The maximum Gasteiger partial charge on any atom is 0.250 e. The molecule has 1 amide bonds. The molecule has 5 rings (SSSR count). The van der Waals surface area contributed by atoms with Gasteiger partial charge in [0, 0.05) is 31.2 Å². The van der Waals surface area contributed by atoms with Crippen molar-refractivity contribution < 1.29 is 17.9 Å². The molecular weight excluding hydrogens is 512 g/mol. The molecular formula is C30H40N4O4S. The van der Waals surface area contributed by atoms with Crippen LogP contribution in [-0.2, 0) is 14.8 Å². The minimum atomic E-state index is -3.36. The van der Waals surface area contributed by atoms with Gasteiger partial charge in [-0.2, -0.15) is 0 Å². The number of primary amides is 1. The Morgan fingerprint density at radius 1 is 0.949 bits per heavy atom. The number of nitrogens with zero attached hydrogens (tertiary/aromatic N) is 2. The van der Waals surface area contributed by atoms with Gasteiger partial charge in [0.25, 0.3) is 5.91 Å². The molecule has 0 unspecified atom stereocenters. The van der Waals surface area contributed by atoms with Crippen LogP contribution in [0.1, 0.15) is 60.4 Å². The molecule has 0 spiro atoms. The summed E-state index contributed by atoms with van der Waals surface area (Å²) in [6.07, 6.45) is 8.49. The SMILES string of the molecule is NC(=O)c1cc(-c2ccccc2)cc2c(C3CCN(S(=O)(=O)CCOCCN4CCCCCC4)CC3)c[nH]c12. The molecule has 0 bridgehead atoms. The van der Waals surface area contributed by atoms with Gasteiger partial charge in [-0.15, -0.1) is 0 Å². The second kappa shape index (κ2) is 12.6. The molecule has 9 heteroatoms. The van der Waals surface area contributed by atoms with Crippen LogP contribution in [0.5, 0.6) is 0 Å². The zero-order valence-electron chi connectivity index (χ0n) is 22.6. The molecule has 210 valence electrons. The number of H-pyrrole nitrogens is 1. The van der Waals surface area contributed by atoms with Gasteiger partial charge in [0.2, 0.25) is 10.0 Å². The molecule has 3 aromatic rings. The van der Waals surface area contributed by atoms with E-state index in [1.165, 1.54) is 25.7 Å². The number of sulfonamides is 1. The van der Waals surface area contributed by atoms with Crippen LogP contribution in [0.15, 0.2) is 48.7 Å². The molecule has 3 heterocycles. The number of rotatable bonds is 10. The van der Waals surface area contributed by atoms with Crippen molar-refractivity contribution >= 4 is 26.8 Å². The Morgan fingerprint density at radius 3 is 2.36 bits per heavy atom. The van der Waals surface area contributed by atoms with E-state index in [9.17, 15) is 13.2 Å². The predicted octanol–water partition coefficient (Wildman–Crippen LogP) is 4.34. The Morgan fingerprint density at radius 2 is 1.67 bits per heavy atom. The van der Waals surface area contributed by atoms with Crippen molar-refractivity contribution in [1.29, 1.82) is 0 Å². The number of aromatic amines is 1. The number of fused-ring (bicyclic) bond motifs is 1. The molecule has 3 N–H and O–H groups in total. The van der Waals surface area contributed by atoms with E-state index in [4.69, 9.17) is 10.5 Å².